The molecule has 2 rings (SSSR count). The number of amides is 1. The number of Topliss-reactive ketones (excluding diaryl/α,β-unsaturated/α-hetero) is 1. The molecule has 0 saturated heterocycles. The maximum Gasteiger partial charge on any atom is 0.412 e. The average molecular weight is 394 g/mol. The van der Waals surface area contributed by atoms with E-state index >= 15 is 0 Å². The largest absolute Gasteiger partial charge is 0.449 e. The first-order chi connectivity index (χ1) is 13.2. The SMILES string of the molecule is CC(=O)c1cn(CC(F)CCn2ccc(NC(=O)OCC(C)C)nc2=O)nn1. The van der Waals surface area contributed by atoms with Gasteiger partial charge in [0, 0.05) is 19.7 Å². The second kappa shape index (κ2) is 9.72. The van der Waals surface area contributed by atoms with Gasteiger partial charge in [0.25, 0.3) is 0 Å². The van der Waals surface area contributed by atoms with Crippen LogP contribution in [0.15, 0.2) is 23.3 Å². The van der Waals surface area contributed by atoms with Gasteiger partial charge in [0.2, 0.25) is 0 Å². The van der Waals surface area contributed by atoms with E-state index in [1.165, 1.54) is 34.6 Å². The number of ketones is 1. The fourth-order valence-corrected chi connectivity index (χ4v) is 2.17. The third-order valence-electron chi connectivity index (χ3n) is 3.62. The average Bonchev–Trinajstić information content (AvgIpc) is 3.08. The van der Waals surface area contributed by atoms with Crippen LogP contribution in [0.3, 0.4) is 0 Å². The Bertz CT molecular complexity index is 879. The lowest BCUT2D eigenvalue weighted by molar-refractivity contribution is 0.101. The third-order valence-corrected chi connectivity index (χ3v) is 3.62. The van der Waals surface area contributed by atoms with Gasteiger partial charge in [-0.2, -0.15) is 4.98 Å². The number of aryl methyl sites for hydroxylation is 1. The zero-order valence-corrected chi connectivity index (χ0v) is 16.0. The van der Waals surface area contributed by atoms with Gasteiger partial charge in [0.15, 0.2) is 5.78 Å². The third kappa shape index (κ3) is 6.56. The molecule has 0 fully saturated rings. The van der Waals surface area contributed by atoms with Crippen molar-refractivity contribution in [2.24, 2.45) is 5.92 Å². The Morgan fingerprint density at radius 2 is 2.11 bits per heavy atom. The molecule has 0 aromatic carbocycles. The van der Waals surface area contributed by atoms with Crippen molar-refractivity contribution >= 4 is 17.7 Å². The molecule has 28 heavy (non-hydrogen) atoms. The van der Waals surface area contributed by atoms with Crippen LogP contribution in [0.2, 0.25) is 0 Å². The summed E-state index contributed by atoms with van der Waals surface area (Å²) in [6, 6.07) is 1.43. The lowest BCUT2D eigenvalue weighted by Gasteiger charge is -2.11. The summed E-state index contributed by atoms with van der Waals surface area (Å²) in [6.07, 6.45) is 0.850. The zero-order chi connectivity index (χ0) is 20.7. The van der Waals surface area contributed by atoms with E-state index in [2.05, 4.69) is 20.6 Å². The fourth-order valence-electron chi connectivity index (χ4n) is 2.17. The van der Waals surface area contributed by atoms with E-state index < -0.39 is 18.0 Å². The Balaban J connectivity index is 1.85. The molecule has 1 N–H and O–H groups in total. The van der Waals surface area contributed by atoms with Gasteiger partial charge in [-0.1, -0.05) is 19.1 Å². The Hall–Kier alpha value is -3.11. The molecule has 1 unspecified atom stereocenters. The van der Waals surface area contributed by atoms with Gasteiger partial charge < -0.3 is 4.74 Å². The van der Waals surface area contributed by atoms with Crippen molar-refractivity contribution in [3.05, 3.63) is 34.6 Å². The molecule has 11 heteroatoms. The number of halogens is 1. The maximum absolute atomic E-state index is 14.1. The maximum atomic E-state index is 14.1. The molecule has 0 spiro atoms. The van der Waals surface area contributed by atoms with Gasteiger partial charge >= 0.3 is 11.8 Å². The second-order valence-electron chi connectivity index (χ2n) is 6.67. The monoisotopic (exact) mass is 394 g/mol. The number of alkyl halides is 1. The molecule has 2 aromatic heterocycles. The van der Waals surface area contributed by atoms with Crippen molar-refractivity contribution < 1.29 is 18.7 Å². The standard InChI is InChI=1S/C17H23FN6O4/c1-11(2)10-28-17(27)20-15-5-7-23(16(26)19-15)6-4-13(18)8-24-9-14(12(3)25)21-22-24/h5,7,9,11,13H,4,6,8,10H2,1-3H3,(H,19,20,26,27). The molecular weight excluding hydrogens is 371 g/mol. The minimum atomic E-state index is -1.29. The van der Waals surface area contributed by atoms with Crippen LogP contribution < -0.4 is 11.0 Å². The Morgan fingerprint density at radius 1 is 1.36 bits per heavy atom. The summed E-state index contributed by atoms with van der Waals surface area (Å²) in [5.74, 6) is -0.000758. The van der Waals surface area contributed by atoms with Crippen molar-refractivity contribution in [1.82, 2.24) is 24.5 Å². The summed E-state index contributed by atoms with van der Waals surface area (Å²) in [6.45, 7) is 5.42. The minimum Gasteiger partial charge on any atom is -0.449 e. The van der Waals surface area contributed by atoms with Crippen LogP contribution in [0.5, 0.6) is 0 Å². The van der Waals surface area contributed by atoms with Crippen molar-refractivity contribution in [3.8, 4) is 0 Å². The van der Waals surface area contributed by atoms with Gasteiger partial charge in [-0.25, -0.2) is 18.7 Å². The normalized spacial score (nSPS) is 12.0. The Labute approximate surface area is 160 Å². The highest BCUT2D eigenvalue weighted by Gasteiger charge is 2.13. The van der Waals surface area contributed by atoms with Crippen LogP contribution in [0.25, 0.3) is 0 Å². The molecule has 0 radical (unpaired) electrons. The summed E-state index contributed by atoms with van der Waals surface area (Å²) in [4.78, 5) is 38.5. The lowest BCUT2D eigenvalue weighted by atomic mass is 10.2. The number of nitrogens with one attached hydrogen (secondary N) is 1. The summed E-state index contributed by atoms with van der Waals surface area (Å²) >= 11 is 0. The summed E-state index contributed by atoms with van der Waals surface area (Å²) in [5, 5.41) is 9.70. The van der Waals surface area contributed by atoms with Crippen molar-refractivity contribution in [3.63, 3.8) is 0 Å². The van der Waals surface area contributed by atoms with Crippen LogP contribution in [0.4, 0.5) is 15.0 Å². The van der Waals surface area contributed by atoms with E-state index in [9.17, 15) is 18.8 Å². The number of carbonyl (C=O) groups excluding carboxylic acids is 2. The van der Waals surface area contributed by atoms with Gasteiger partial charge in [0.1, 0.15) is 17.7 Å². The molecule has 0 aliphatic heterocycles. The highest BCUT2D eigenvalue weighted by molar-refractivity contribution is 5.91. The quantitative estimate of drug-likeness (QED) is 0.642. The van der Waals surface area contributed by atoms with E-state index in [4.69, 9.17) is 4.74 Å². The highest BCUT2D eigenvalue weighted by atomic mass is 19.1. The Kier molecular flexibility index (Phi) is 7.36. The zero-order valence-electron chi connectivity index (χ0n) is 16.0. The topological polar surface area (TPSA) is 121 Å². The second-order valence-corrected chi connectivity index (χ2v) is 6.67. The lowest BCUT2D eigenvalue weighted by Crippen LogP contribution is -2.27. The first-order valence-corrected chi connectivity index (χ1v) is 8.81. The molecule has 2 heterocycles. The number of ether oxygens (including phenoxy) is 1. The van der Waals surface area contributed by atoms with Crippen LogP contribution in [-0.4, -0.2) is 49.2 Å². The molecule has 0 bridgehead atoms. The number of aromatic nitrogens is 5. The van der Waals surface area contributed by atoms with E-state index in [1.807, 2.05) is 13.8 Å². The predicted molar refractivity (Wildman–Crippen MR) is 97.8 cm³/mol. The van der Waals surface area contributed by atoms with Crippen LogP contribution in [0.1, 0.15) is 37.7 Å². The van der Waals surface area contributed by atoms with Crippen molar-refractivity contribution in [2.75, 3.05) is 11.9 Å². The summed E-state index contributed by atoms with van der Waals surface area (Å²) in [5.41, 5.74) is -0.448. The summed E-state index contributed by atoms with van der Waals surface area (Å²) in [7, 11) is 0. The highest BCUT2D eigenvalue weighted by Crippen LogP contribution is 2.06. The van der Waals surface area contributed by atoms with Crippen molar-refractivity contribution in [2.45, 2.75) is 46.5 Å². The molecular formula is C17H23FN6O4. The van der Waals surface area contributed by atoms with Crippen molar-refractivity contribution in [1.29, 1.82) is 0 Å². The number of hydrogen-bond acceptors (Lipinski definition) is 7. The van der Waals surface area contributed by atoms with E-state index in [0.717, 1.165) is 0 Å². The first-order valence-electron chi connectivity index (χ1n) is 8.81. The number of hydrogen-bond donors (Lipinski definition) is 1. The Morgan fingerprint density at radius 3 is 2.71 bits per heavy atom. The van der Waals surface area contributed by atoms with Gasteiger partial charge in [-0.05, 0) is 18.4 Å². The summed E-state index contributed by atoms with van der Waals surface area (Å²) < 4.78 is 21.6. The molecule has 1 amide bonds. The molecule has 0 aliphatic carbocycles. The van der Waals surface area contributed by atoms with Crippen LogP contribution >= 0.6 is 0 Å². The first kappa shape index (κ1) is 21.2. The van der Waals surface area contributed by atoms with Crippen LogP contribution in [0, 0.1) is 5.92 Å². The molecule has 1 atom stereocenters. The number of anilines is 1. The molecule has 152 valence electrons. The van der Waals surface area contributed by atoms with E-state index in [0.29, 0.717) is 0 Å². The van der Waals surface area contributed by atoms with Crippen LogP contribution in [-0.2, 0) is 17.8 Å². The predicted octanol–water partition coefficient (Wildman–Crippen LogP) is 1.67. The van der Waals surface area contributed by atoms with Gasteiger partial charge in [-0.3, -0.25) is 14.7 Å². The van der Waals surface area contributed by atoms with E-state index in [1.54, 1.807) is 0 Å². The number of nitrogens with zero attached hydrogens (tertiary/aromatic N) is 5. The van der Waals surface area contributed by atoms with Gasteiger partial charge in [-0.15, -0.1) is 5.10 Å². The number of rotatable bonds is 9. The smallest absolute Gasteiger partial charge is 0.412 e. The molecule has 0 aliphatic rings. The van der Waals surface area contributed by atoms with Gasteiger partial charge in [0.05, 0.1) is 19.3 Å². The fraction of sp³-hybridized carbons (Fsp3) is 0.529. The minimum absolute atomic E-state index is 0.0417. The molecule has 2 aromatic rings. The number of carbonyl (C=O) groups is 2. The molecule has 0 saturated carbocycles. The van der Waals surface area contributed by atoms with E-state index in [-0.39, 0.29) is 49.3 Å². The molecule has 10 nitrogen and oxygen atoms in total.